The van der Waals surface area contributed by atoms with E-state index in [1.807, 2.05) is 9.80 Å². The lowest BCUT2D eigenvalue weighted by Crippen LogP contribution is -2.51. The number of methoxy groups -OCH3 is 1. The molecule has 26 heavy (non-hydrogen) atoms. The second kappa shape index (κ2) is 8.98. The fraction of sp³-hybridized carbons (Fsp3) is 0.632. The zero-order valence-corrected chi connectivity index (χ0v) is 15.5. The topological polar surface area (TPSA) is 66.0 Å². The molecule has 0 radical (unpaired) electrons. The number of ether oxygens (including phenoxy) is 1. The number of piperazine rings is 1. The van der Waals surface area contributed by atoms with Crippen LogP contribution in [0.3, 0.4) is 0 Å². The molecular formula is C19H28N4O3. The van der Waals surface area contributed by atoms with Gasteiger partial charge >= 0.3 is 0 Å². The van der Waals surface area contributed by atoms with E-state index in [1.54, 1.807) is 18.3 Å². The minimum absolute atomic E-state index is 0.0616. The second-order valence-corrected chi connectivity index (χ2v) is 6.92. The van der Waals surface area contributed by atoms with Gasteiger partial charge in [0.25, 0.3) is 5.91 Å². The Kier molecular flexibility index (Phi) is 6.44. The molecule has 0 aromatic carbocycles. The summed E-state index contributed by atoms with van der Waals surface area (Å²) >= 11 is 0. The van der Waals surface area contributed by atoms with E-state index in [4.69, 9.17) is 4.74 Å². The van der Waals surface area contributed by atoms with Crippen molar-refractivity contribution >= 4 is 11.8 Å². The van der Waals surface area contributed by atoms with E-state index in [1.165, 1.54) is 20.0 Å². The van der Waals surface area contributed by atoms with Crippen LogP contribution in [0, 0.1) is 0 Å². The third-order valence-electron chi connectivity index (χ3n) is 5.17. The van der Waals surface area contributed by atoms with Gasteiger partial charge in [-0.25, -0.2) is 4.98 Å². The van der Waals surface area contributed by atoms with Gasteiger partial charge in [-0.1, -0.05) is 12.8 Å². The lowest BCUT2D eigenvalue weighted by Gasteiger charge is -2.35. The van der Waals surface area contributed by atoms with Crippen molar-refractivity contribution in [3.63, 3.8) is 0 Å². The van der Waals surface area contributed by atoms with Crippen LogP contribution in [0.5, 0.6) is 5.88 Å². The van der Waals surface area contributed by atoms with Gasteiger partial charge in [0.2, 0.25) is 11.8 Å². The number of likely N-dealkylation sites (tertiary alicyclic amines) is 1. The Labute approximate surface area is 154 Å². The minimum atomic E-state index is -0.0616. The Morgan fingerprint density at radius 2 is 1.69 bits per heavy atom. The third kappa shape index (κ3) is 4.52. The molecule has 2 aliphatic heterocycles. The number of hydrogen-bond donors (Lipinski definition) is 0. The molecule has 3 heterocycles. The van der Waals surface area contributed by atoms with Gasteiger partial charge < -0.3 is 14.5 Å². The molecule has 2 aliphatic rings. The summed E-state index contributed by atoms with van der Waals surface area (Å²) in [5.41, 5.74) is 0.490. The predicted octanol–water partition coefficient (Wildman–Crippen LogP) is 1.25. The van der Waals surface area contributed by atoms with Crippen molar-refractivity contribution in [2.24, 2.45) is 0 Å². The van der Waals surface area contributed by atoms with Crippen LogP contribution in [0.4, 0.5) is 0 Å². The van der Waals surface area contributed by atoms with Gasteiger partial charge in [0.05, 0.1) is 13.7 Å². The quantitative estimate of drug-likeness (QED) is 0.809. The molecule has 3 rings (SSSR count). The van der Waals surface area contributed by atoms with Gasteiger partial charge in [-0.2, -0.15) is 0 Å². The molecule has 1 aromatic heterocycles. The molecule has 0 unspecified atom stereocenters. The largest absolute Gasteiger partial charge is 0.480 e. The predicted molar refractivity (Wildman–Crippen MR) is 98.2 cm³/mol. The highest BCUT2D eigenvalue weighted by molar-refractivity contribution is 5.96. The van der Waals surface area contributed by atoms with E-state index in [0.29, 0.717) is 44.2 Å². The standard InChI is InChI=1S/C19H28N4O3/c1-26-18-16(7-6-8-20-18)19(25)23-13-11-21(12-14-23)15-17(24)22-9-4-2-3-5-10-22/h6-8H,2-5,9-15H2,1H3. The highest BCUT2D eigenvalue weighted by Crippen LogP contribution is 2.17. The molecule has 0 spiro atoms. The molecule has 2 saturated heterocycles. The first-order valence-electron chi connectivity index (χ1n) is 9.47. The van der Waals surface area contributed by atoms with Crippen LogP contribution in [0.2, 0.25) is 0 Å². The summed E-state index contributed by atoms with van der Waals surface area (Å²) in [6.45, 7) is 4.89. The van der Waals surface area contributed by atoms with Crippen molar-refractivity contribution < 1.29 is 14.3 Å². The zero-order valence-electron chi connectivity index (χ0n) is 15.5. The van der Waals surface area contributed by atoms with E-state index < -0.39 is 0 Å². The Morgan fingerprint density at radius 1 is 1.00 bits per heavy atom. The van der Waals surface area contributed by atoms with Crippen molar-refractivity contribution in [2.45, 2.75) is 25.7 Å². The van der Waals surface area contributed by atoms with E-state index >= 15 is 0 Å². The first-order valence-corrected chi connectivity index (χ1v) is 9.47. The number of amides is 2. The summed E-state index contributed by atoms with van der Waals surface area (Å²) in [7, 11) is 1.52. The number of aromatic nitrogens is 1. The van der Waals surface area contributed by atoms with Crippen LogP contribution in [0.25, 0.3) is 0 Å². The number of hydrogen-bond acceptors (Lipinski definition) is 5. The first-order chi connectivity index (χ1) is 12.7. The van der Waals surface area contributed by atoms with E-state index in [2.05, 4.69) is 9.88 Å². The lowest BCUT2D eigenvalue weighted by molar-refractivity contribution is -0.132. The van der Waals surface area contributed by atoms with Gasteiger partial charge in [-0.05, 0) is 25.0 Å². The van der Waals surface area contributed by atoms with Gasteiger partial charge in [0, 0.05) is 45.5 Å². The van der Waals surface area contributed by atoms with Gasteiger partial charge in [0.1, 0.15) is 5.56 Å². The molecule has 2 amide bonds. The van der Waals surface area contributed by atoms with Crippen molar-refractivity contribution in [2.75, 3.05) is 52.9 Å². The highest BCUT2D eigenvalue weighted by Gasteiger charge is 2.26. The molecule has 142 valence electrons. The summed E-state index contributed by atoms with van der Waals surface area (Å²) in [5.74, 6) is 0.519. The van der Waals surface area contributed by atoms with E-state index in [9.17, 15) is 9.59 Å². The SMILES string of the molecule is COc1ncccc1C(=O)N1CCN(CC(=O)N2CCCCCC2)CC1. The first kappa shape index (κ1) is 18.6. The average Bonchev–Trinajstić information content (AvgIpc) is 2.97. The number of carbonyl (C=O) groups excluding carboxylic acids is 2. The second-order valence-electron chi connectivity index (χ2n) is 6.92. The maximum atomic E-state index is 12.7. The van der Waals surface area contributed by atoms with Gasteiger partial charge in [-0.3, -0.25) is 14.5 Å². The van der Waals surface area contributed by atoms with Crippen molar-refractivity contribution in [1.82, 2.24) is 19.7 Å². The number of carbonyl (C=O) groups is 2. The summed E-state index contributed by atoms with van der Waals surface area (Å²) in [6, 6.07) is 3.48. The number of rotatable bonds is 4. The number of nitrogens with zero attached hydrogens (tertiary/aromatic N) is 4. The van der Waals surface area contributed by atoms with Crippen LogP contribution < -0.4 is 4.74 Å². The zero-order chi connectivity index (χ0) is 18.4. The molecular weight excluding hydrogens is 332 g/mol. The van der Waals surface area contributed by atoms with Crippen LogP contribution in [0.15, 0.2) is 18.3 Å². The molecule has 0 N–H and O–H groups in total. The van der Waals surface area contributed by atoms with Gasteiger partial charge in [-0.15, -0.1) is 0 Å². The van der Waals surface area contributed by atoms with Crippen LogP contribution in [0.1, 0.15) is 36.0 Å². The fourth-order valence-electron chi connectivity index (χ4n) is 3.61. The molecule has 2 fully saturated rings. The van der Waals surface area contributed by atoms with Crippen molar-refractivity contribution in [3.8, 4) is 5.88 Å². The maximum absolute atomic E-state index is 12.7. The lowest BCUT2D eigenvalue weighted by atomic mass is 10.2. The maximum Gasteiger partial charge on any atom is 0.259 e. The van der Waals surface area contributed by atoms with Gasteiger partial charge in [0.15, 0.2) is 0 Å². The Bertz CT molecular complexity index is 621. The van der Waals surface area contributed by atoms with Crippen LogP contribution >= 0.6 is 0 Å². The third-order valence-corrected chi connectivity index (χ3v) is 5.17. The van der Waals surface area contributed by atoms with E-state index in [-0.39, 0.29) is 11.8 Å². The molecule has 7 heteroatoms. The Morgan fingerprint density at radius 3 is 2.35 bits per heavy atom. The smallest absolute Gasteiger partial charge is 0.259 e. The minimum Gasteiger partial charge on any atom is -0.480 e. The molecule has 1 aromatic rings. The van der Waals surface area contributed by atoms with Crippen molar-refractivity contribution in [1.29, 1.82) is 0 Å². The Hall–Kier alpha value is -2.15. The highest BCUT2D eigenvalue weighted by atomic mass is 16.5. The normalized spacial score (nSPS) is 19.1. The van der Waals surface area contributed by atoms with E-state index in [0.717, 1.165) is 25.9 Å². The summed E-state index contributed by atoms with van der Waals surface area (Å²) in [6.07, 6.45) is 6.29. The molecule has 0 aliphatic carbocycles. The summed E-state index contributed by atoms with van der Waals surface area (Å²) in [4.78, 5) is 35.3. The van der Waals surface area contributed by atoms with Crippen molar-refractivity contribution in [3.05, 3.63) is 23.9 Å². The summed E-state index contributed by atoms with van der Waals surface area (Å²) < 4.78 is 5.19. The molecule has 7 nitrogen and oxygen atoms in total. The average molecular weight is 360 g/mol. The number of pyridine rings is 1. The summed E-state index contributed by atoms with van der Waals surface area (Å²) in [5, 5.41) is 0. The fourth-order valence-corrected chi connectivity index (χ4v) is 3.61. The monoisotopic (exact) mass is 360 g/mol. The molecule has 0 bridgehead atoms. The van der Waals surface area contributed by atoms with Crippen LogP contribution in [-0.2, 0) is 4.79 Å². The molecule has 0 saturated carbocycles. The van der Waals surface area contributed by atoms with Crippen LogP contribution in [-0.4, -0.2) is 84.4 Å². The Balaban J connectivity index is 1.50. The molecule has 0 atom stereocenters.